The van der Waals surface area contributed by atoms with Gasteiger partial charge in [-0.1, -0.05) is 19.1 Å². The lowest BCUT2D eigenvalue weighted by Gasteiger charge is -2.11. The van der Waals surface area contributed by atoms with Gasteiger partial charge in [0.25, 0.3) is 0 Å². The standard InChI is InChI=1S/C14H17N3/c1-9(10-4-2-5-11(15)8-10)14-12-6-3-7-13(12)16-17-14/h2,4-5,8-9H,3,6-7,15H2,1H3,(H,16,17). The zero-order chi connectivity index (χ0) is 11.8. The molecule has 1 unspecified atom stereocenters. The van der Waals surface area contributed by atoms with Crippen molar-refractivity contribution in [2.24, 2.45) is 0 Å². The summed E-state index contributed by atoms with van der Waals surface area (Å²) in [7, 11) is 0. The molecular weight excluding hydrogens is 210 g/mol. The molecule has 3 N–H and O–H groups in total. The Labute approximate surface area is 101 Å². The third-order valence-corrected chi connectivity index (χ3v) is 3.66. The summed E-state index contributed by atoms with van der Waals surface area (Å²) in [6.45, 7) is 2.20. The minimum Gasteiger partial charge on any atom is -0.399 e. The lowest BCUT2D eigenvalue weighted by atomic mass is 9.94. The van der Waals surface area contributed by atoms with Crippen LogP contribution in [0.4, 0.5) is 5.69 Å². The summed E-state index contributed by atoms with van der Waals surface area (Å²) in [5.41, 5.74) is 11.9. The second-order valence-corrected chi connectivity index (χ2v) is 4.81. The number of nitrogens with one attached hydrogen (secondary N) is 1. The first kappa shape index (κ1) is 10.4. The van der Waals surface area contributed by atoms with Crippen LogP contribution in [-0.2, 0) is 12.8 Å². The highest BCUT2D eigenvalue weighted by Gasteiger charge is 2.22. The molecule has 1 atom stereocenters. The first-order chi connectivity index (χ1) is 8.25. The van der Waals surface area contributed by atoms with Crippen LogP contribution in [0.3, 0.4) is 0 Å². The van der Waals surface area contributed by atoms with Gasteiger partial charge in [-0.15, -0.1) is 0 Å². The maximum Gasteiger partial charge on any atom is 0.0728 e. The average Bonchev–Trinajstić information content (AvgIpc) is 2.89. The molecule has 1 heterocycles. The number of nitrogens with two attached hydrogens (primary N) is 1. The van der Waals surface area contributed by atoms with Crippen molar-refractivity contribution in [1.29, 1.82) is 0 Å². The lowest BCUT2D eigenvalue weighted by molar-refractivity contribution is 0.799. The van der Waals surface area contributed by atoms with Gasteiger partial charge in [0, 0.05) is 17.3 Å². The first-order valence-electron chi connectivity index (χ1n) is 6.17. The fourth-order valence-corrected chi connectivity index (χ4v) is 2.69. The number of hydrogen-bond acceptors (Lipinski definition) is 2. The van der Waals surface area contributed by atoms with E-state index in [1.54, 1.807) is 0 Å². The molecule has 0 bridgehead atoms. The third-order valence-electron chi connectivity index (χ3n) is 3.66. The predicted octanol–water partition coefficient (Wildman–Crippen LogP) is 2.63. The number of aryl methyl sites for hydroxylation is 1. The van der Waals surface area contributed by atoms with Gasteiger partial charge in [0.05, 0.1) is 5.69 Å². The number of hydrogen-bond donors (Lipinski definition) is 2. The van der Waals surface area contributed by atoms with E-state index in [0.717, 1.165) is 18.5 Å². The number of aromatic nitrogens is 2. The van der Waals surface area contributed by atoms with E-state index in [0.29, 0.717) is 5.92 Å². The Morgan fingerprint density at radius 3 is 3.06 bits per heavy atom. The second-order valence-electron chi connectivity index (χ2n) is 4.81. The smallest absolute Gasteiger partial charge is 0.0728 e. The highest BCUT2D eigenvalue weighted by molar-refractivity contribution is 5.45. The molecule has 17 heavy (non-hydrogen) atoms. The van der Waals surface area contributed by atoms with Crippen LogP contribution >= 0.6 is 0 Å². The summed E-state index contributed by atoms with van der Waals surface area (Å²) in [6, 6.07) is 8.09. The van der Waals surface area contributed by atoms with E-state index in [1.807, 2.05) is 18.2 Å². The van der Waals surface area contributed by atoms with Crippen LogP contribution in [0.5, 0.6) is 0 Å². The largest absolute Gasteiger partial charge is 0.399 e. The van der Waals surface area contributed by atoms with E-state index >= 15 is 0 Å². The van der Waals surface area contributed by atoms with Crippen molar-refractivity contribution in [3.8, 4) is 0 Å². The molecule has 88 valence electrons. The third kappa shape index (κ3) is 1.71. The quantitative estimate of drug-likeness (QED) is 0.775. The highest BCUT2D eigenvalue weighted by Crippen LogP contribution is 2.31. The number of nitrogen functional groups attached to an aromatic ring is 1. The van der Waals surface area contributed by atoms with Gasteiger partial charge in [-0.25, -0.2) is 0 Å². The molecule has 0 fully saturated rings. The van der Waals surface area contributed by atoms with E-state index < -0.39 is 0 Å². The van der Waals surface area contributed by atoms with Gasteiger partial charge in [0.15, 0.2) is 0 Å². The average molecular weight is 227 g/mol. The number of rotatable bonds is 2. The van der Waals surface area contributed by atoms with Crippen LogP contribution in [0.1, 0.15) is 41.8 Å². The minimum atomic E-state index is 0.316. The van der Waals surface area contributed by atoms with Crippen molar-refractivity contribution in [3.05, 3.63) is 46.8 Å². The van der Waals surface area contributed by atoms with Gasteiger partial charge >= 0.3 is 0 Å². The second kappa shape index (κ2) is 3.91. The Bertz CT molecular complexity index is 542. The number of aromatic amines is 1. The Hall–Kier alpha value is -1.77. The van der Waals surface area contributed by atoms with Crippen LogP contribution in [-0.4, -0.2) is 10.2 Å². The minimum absolute atomic E-state index is 0.316. The summed E-state index contributed by atoms with van der Waals surface area (Å²) in [5.74, 6) is 0.316. The Balaban J connectivity index is 1.98. The van der Waals surface area contributed by atoms with Crippen molar-refractivity contribution in [1.82, 2.24) is 10.2 Å². The van der Waals surface area contributed by atoms with Gasteiger partial charge in [0.2, 0.25) is 0 Å². The number of nitrogens with zero attached hydrogens (tertiary/aromatic N) is 1. The number of benzene rings is 1. The summed E-state index contributed by atoms with van der Waals surface area (Å²) in [6.07, 6.45) is 3.56. The molecular formula is C14H17N3. The molecule has 0 saturated carbocycles. The van der Waals surface area contributed by atoms with Crippen molar-refractivity contribution in [2.45, 2.75) is 32.1 Å². The molecule has 3 rings (SSSR count). The molecule has 3 heteroatoms. The molecule has 1 aliphatic carbocycles. The topological polar surface area (TPSA) is 54.7 Å². The SMILES string of the molecule is CC(c1cccc(N)c1)c1n[nH]c2c1CCC2. The normalized spacial score (nSPS) is 15.8. The molecule has 0 aliphatic heterocycles. The summed E-state index contributed by atoms with van der Waals surface area (Å²) in [4.78, 5) is 0. The van der Waals surface area contributed by atoms with Crippen LogP contribution in [0.15, 0.2) is 24.3 Å². The van der Waals surface area contributed by atoms with E-state index in [1.165, 1.54) is 28.9 Å². The fraction of sp³-hybridized carbons (Fsp3) is 0.357. The molecule has 1 aromatic heterocycles. The van der Waals surface area contributed by atoms with Gasteiger partial charge < -0.3 is 5.73 Å². The van der Waals surface area contributed by atoms with Crippen LogP contribution in [0, 0.1) is 0 Å². The van der Waals surface area contributed by atoms with Crippen LogP contribution < -0.4 is 5.73 Å². The van der Waals surface area contributed by atoms with Crippen LogP contribution in [0.25, 0.3) is 0 Å². The first-order valence-corrected chi connectivity index (χ1v) is 6.17. The number of fused-ring (bicyclic) bond motifs is 1. The Morgan fingerprint density at radius 1 is 1.35 bits per heavy atom. The predicted molar refractivity (Wildman–Crippen MR) is 69.0 cm³/mol. The summed E-state index contributed by atoms with van der Waals surface area (Å²) < 4.78 is 0. The summed E-state index contributed by atoms with van der Waals surface area (Å²) >= 11 is 0. The van der Waals surface area contributed by atoms with E-state index in [2.05, 4.69) is 23.2 Å². The number of H-pyrrole nitrogens is 1. The number of anilines is 1. The van der Waals surface area contributed by atoms with Crippen LogP contribution in [0.2, 0.25) is 0 Å². The maximum absolute atomic E-state index is 5.83. The van der Waals surface area contributed by atoms with E-state index in [-0.39, 0.29) is 0 Å². The summed E-state index contributed by atoms with van der Waals surface area (Å²) in [5, 5.41) is 7.65. The molecule has 0 spiro atoms. The van der Waals surface area contributed by atoms with Gasteiger partial charge in [0.1, 0.15) is 0 Å². The Kier molecular flexibility index (Phi) is 2.39. The van der Waals surface area contributed by atoms with Crippen molar-refractivity contribution in [2.75, 3.05) is 5.73 Å². The highest BCUT2D eigenvalue weighted by atomic mass is 15.1. The molecule has 0 radical (unpaired) electrons. The van der Waals surface area contributed by atoms with Gasteiger partial charge in [-0.3, -0.25) is 5.10 Å². The van der Waals surface area contributed by atoms with Gasteiger partial charge in [-0.2, -0.15) is 5.10 Å². The maximum atomic E-state index is 5.83. The van der Waals surface area contributed by atoms with Gasteiger partial charge in [-0.05, 0) is 42.5 Å². The molecule has 2 aromatic rings. The van der Waals surface area contributed by atoms with Crippen molar-refractivity contribution in [3.63, 3.8) is 0 Å². The van der Waals surface area contributed by atoms with Crippen molar-refractivity contribution >= 4 is 5.69 Å². The van der Waals surface area contributed by atoms with Crippen molar-refractivity contribution < 1.29 is 0 Å². The van der Waals surface area contributed by atoms with E-state index in [9.17, 15) is 0 Å². The fourth-order valence-electron chi connectivity index (χ4n) is 2.69. The molecule has 0 amide bonds. The molecule has 1 aromatic carbocycles. The molecule has 1 aliphatic rings. The molecule has 0 saturated heterocycles. The molecule has 3 nitrogen and oxygen atoms in total. The zero-order valence-corrected chi connectivity index (χ0v) is 10.0. The lowest BCUT2D eigenvalue weighted by Crippen LogP contribution is -2.00. The Morgan fingerprint density at radius 2 is 2.24 bits per heavy atom. The van der Waals surface area contributed by atoms with E-state index in [4.69, 9.17) is 5.73 Å². The monoisotopic (exact) mass is 227 g/mol. The zero-order valence-electron chi connectivity index (χ0n) is 10.0.